The summed E-state index contributed by atoms with van der Waals surface area (Å²) in [4.78, 5) is 28.8. The summed E-state index contributed by atoms with van der Waals surface area (Å²) < 4.78 is 0. The summed E-state index contributed by atoms with van der Waals surface area (Å²) in [5.74, 6) is -0.983. The minimum atomic E-state index is -0.494. The molecule has 1 amide bonds. The normalized spacial score (nSPS) is 10.6. The molecule has 3 aromatic rings. The average Bonchev–Trinajstić information content (AvgIpc) is 2.71. The van der Waals surface area contributed by atoms with E-state index in [0.29, 0.717) is 27.5 Å². The van der Waals surface area contributed by atoms with E-state index in [0.717, 1.165) is 0 Å². The van der Waals surface area contributed by atoms with E-state index in [4.69, 9.17) is 16.4 Å². The number of carbonyl (C=O) groups is 2. The van der Waals surface area contributed by atoms with Crippen molar-refractivity contribution >= 4 is 34.9 Å². The number of nitrogens with zero attached hydrogens (tertiary/aromatic N) is 2. The molecule has 0 aromatic heterocycles. The van der Waals surface area contributed by atoms with Gasteiger partial charge in [0.15, 0.2) is 0 Å². The molecule has 0 aliphatic rings. The topological polar surface area (TPSA) is 80.1 Å². The van der Waals surface area contributed by atoms with Gasteiger partial charge in [0, 0.05) is 10.6 Å². The van der Waals surface area contributed by atoms with Gasteiger partial charge >= 0.3 is 5.97 Å². The van der Waals surface area contributed by atoms with Gasteiger partial charge in [-0.25, -0.2) is 10.3 Å². The molecule has 0 saturated heterocycles. The molecule has 3 aromatic carbocycles. The largest absolute Gasteiger partial charge is 0.362 e. The monoisotopic (exact) mass is 379 g/mol. The third-order valence-electron chi connectivity index (χ3n) is 3.47. The van der Waals surface area contributed by atoms with Crippen LogP contribution in [-0.4, -0.2) is 11.9 Å². The fourth-order valence-corrected chi connectivity index (χ4v) is 2.31. The van der Waals surface area contributed by atoms with Gasteiger partial charge in [-0.1, -0.05) is 35.9 Å². The zero-order valence-electron chi connectivity index (χ0n) is 14.0. The second-order valence-corrected chi connectivity index (χ2v) is 5.86. The zero-order valence-corrected chi connectivity index (χ0v) is 14.8. The summed E-state index contributed by atoms with van der Waals surface area (Å²) in [5.41, 5.74) is 4.39. The Labute approximate surface area is 160 Å². The van der Waals surface area contributed by atoms with Gasteiger partial charge in [0.2, 0.25) is 0 Å². The first-order valence-electron chi connectivity index (χ1n) is 7.96. The Morgan fingerprint density at radius 2 is 1.56 bits per heavy atom. The van der Waals surface area contributed by atoms with Crippen molar-refractivity contribution in [2.45, 2.75) is 0 Å². The first-order valence-corrected chi connectivity index (χ1v) is 8.33. The number of carbonyl (C=O) groups excluding carboxylic acids is 2. The predicted octanol–water partition coefficient (Wildman–Crippen LogP) is 5.45. The molecule has 0 aliphatic carbocycles. The van der Waals surface area contributed by atoms with Crippen LogP contribution in [-0.2, 0) is 4.84 Å². The summed E-state index contributed by atoms with van der Waals surface area (Å²) in [7, 11) is 0. The molecule has 0 unspecified atom stereocenters. The molecule has 6 nitrogen and oxygen atoms in total. The molecule has 0 aliphatic heterocycles. The second kappa shape index (κ2) is 8.73. The number of azo groups is 1. The molecule has 0 bridgehead atoms. The van der Waals surface area contributed by atoms with Gasteiger partial charge < -0.3 is 4.84 Å². The van der Waals surface area contributed by atoms with Crippen LogP contribution in [0.25, 0.3) is 0 Å². The van der Waals surface area contributed by atoms with Gasteiger partial charge in [0.05, 0.1) is 16.9 Å². The molecule has 0 radical (unpaired) electrons. The molecule has 0 spiro atoms. The molecule has 0 saturated carbocycles. The van der Waals surface area contributed by atoms with Gasteiger partial charge in [-0.05, 0) is 54.6 Å². The Balaban J connectivity index is 1.57. The molecule has 27 heavy (non-hydrogen) atoms. The maximum Gasteiger partial charge on any atom is 0.362 e. The fraction of sp³-hybridized carbons (Fsp3) is 0. The highest BCUT2D eigenvalue weighted by atomic mass is 35.5. The molecule has 1 N–H and O–H groups in total. The van der Waals surface area contributed by atoms with Gasteiger partial charge in [-0.15, -0.1) is 10.2 Å². The lowest BCUT2D eigenvalue weighted by Crippen LogP contribution is -2.10. The lowest BCUT2D eigenvalue weighted by atomic mass is 10.2. The van der Waals surface area contributed by atoms with Gasteiger partial charge in [-0.2, -0.15) is 0 Å². The van der Waals surface area contributed by atoms with Crippen molar-refractivity contribution in [3.05, 3.63) is 95.0 Å². The Morgan fingerprint density at radius 1 is 0.852 bits per heavy atom. The Bertz CT molecular complexity index is 973. The Kier molecular flexibility index (Phi) is 5.91. The number of halogens is 1. The molecular weight excluding hydrogens is 366 g/mol. The van der Waals surface area contributed by atoms with Crippen molar-refractivity contribution in [1.82, 2.24) is 0 Å². The lowest BCUT2D eigenvalue weighted by Gasteiger charge is -2.06. The van der Waals surface area contributed by atoms with E-state index in [1.807, 2.05) is 6.07 Å². The lowest BCUT2D eigenvalue weighted by molar-refractivity contribution is 0.0596. The van der Waals surface area contributed by atoms with E-state index in [1.54, 1.807) is 66.7 Å². The van der Waals surface area contributed by atoms with Crippen LogP contribution in [0.2, 0.25) is 5.02 Å². The van der Waals surface area contributed by atoms with Crippen LogP contribution in [0.1, 0.15) is 20.7 Å². The number of anilines is 1. The standard InChI is InChI=1S/C20H14ClN3O3/c21-16-8-4-7-15(13-16)19(25)23-22-17-9-11-18(12-10-17)24-27-20(26)14-5-2-1-3-6-14/h1-13,24H. The number of benzene rings is 3. The van der Waals surface area contributed by atoms with Crippen LogP contribution in [0.15, 0.2) is 89.1 Å². The number of hydrogen-bond donors (Lipinski definition) is 1. The summed E-state index contributed by atoms with van der Waals surface area (Å²) in [6.07, 6.45) is 0. The zero-order chi connectivity index (χ0) is 19.1. The summed E-state index contributed by atoms with van der Waals surface area (Å²) in [6, 6.07) is 21.7. The summed E-state index contributed by atoms with van der Waals surface area (Å²) in [6.45, 7) is 0. The van der Waals surface area contributed by atoms with Crippen LogP contribution in [0.5, 0.6) is 0 Å². The summed E-state index contributed by atoms with van der Waals surface area (Å²) >= 11 is 5.85. The van der Waals surface area contributed by atoms with E-state index < -0.39 is 11.9 Å². The van der Waals surface area contributed by atoms with Crippen LogP contribution in [0, 0.1) is 0 Å². The van der Waals surface area contributed by atoms with Crippen LogP contribution < -0.4 is 5.48 Å². The Hall–Kier alpha value is -3.51. The van der Waals surface area contributed by atoms with Gasteiger partial charge in [0.1, 0.15) is 0 Å². The third-order valence-corrected chi connectivity index (χ3v) is 3.70. The van der Waals surface area contributed by atoms with E-state index in [-0.39, 0.29) is 0 Å². The predicted molar refractivity (Wildman–Crippen MR) is 102 cm³/mol. The molecule has 0 heterocycles. The SMILES string of the molecule is O=C(N=Nc1ccc(NOC(=O)c2ccccc2)cc1)c1cccc(Cl)c1. The average molecular weight is 380 g/mol. The highest BCUT2D eigenvalue weighted by Crippen LogP contribution is 2.18. The summed E-state index contributed by atoms with van der Waals surface area (Å²) in [5, 5.41) is 8.02. The van der Waals surface area contributed by atoms with Gasteiger partial charge in [0.25, 0.3) is 5.91 Å². The van der Waals surface area contributed by atoms with Crippen LogP contribution >= 0.6 is 11.6 Å². The van der Waals surface area contributed by atoms with E-state index in [1.165, 1.54) is 6.07 Å². The van der Waals surface area contributed by atoms with Crippen molar-refractivity contribution in [3.63, 3.8) is 0 Å². The van der Waals surface area contributed by atoms with Crippen LogP contribution in [0.3, 0.4) is 0 Å². The molecule has 134 valence electrons. The van der Waals surface area contributed by atoms with Crippen molar-refractivity contribution in [2.24, 2.45) is 10.2 Å². The maximum atomic E-state index is 12.0. The first-order chi connectivity index (χ1) is 13.1. The maximum absolute atomic E-state index is 12.0. The second-order valence-electron chi connectivity index (χ2n) is 5.42. The first kappa shape index (κ1) is 18.3. The molecule has 3 rings (SSSR count). The molecule has 7 heteroatoms. The quantitative estimate of drug-likeness (QED) is 0.472. The highest BCUT2D eigenvalue weighted by Gasteiger charge is 2.07. The van der Waals surface area contributed by atoms with E-state index in [9.17, 15) is 9.59 Å². The van der Waals surface area contributed by atoms with E-state index >= 15 is 0 Å². The van der Waals surface area contributed by atoms with Crippen molar-refractivity contribution in [2.75, 3.05) is 5.48 Å². The minimum absolute atomic E-state index is 0.359. The van der Waals surface area contributed by atoms with Gasteiger partial charge in [-0.3, -0.25) is 4.79 Å². The van der Waals surface area contributed by atoms with Crippen molar-refractivity contribution in [3.8, 4) is 0 Å². The smallest absolute Gasteiger partial charge is 0.338 e. The molecule has 0 fully saturated rings. The molecule has 0 atom stereocenters. The third kappa shape index (κ3) is 5.23. The molecular formula is C20H14ClN3O3. The number of nitrogens with one attached hydrogen (secondary N) is 1. The number of rotatable bonds is 5. The van der Waals surface area contributed by atoms with Crippen LogP contribution in [0.4, 0.5) is 11.4 Å². The number of amides is 1. The Morgan fingerprint density at radius 3 is 2.26 bits per heavy atom. The minimum Gasteiger partial charge on any atom is -0.338 e. The number of hydrogen-bond acceptors (Lipinski definition) is 5. The van der Waals surface area contributed by atoms with Crippen molar-refractivity contribution in [1.29, 1.82) is 0 Å². The fourth-order valence-electron chi connectivity index (χ4n) is 2.12. The van der Waals surface area contributed by atoms with E-state index in [2.05, 4.69) is 15.7 Å². The van der Waals surface area contributed by atoms with Crippen molar-refractivity contribution < 1.29 is 14.4 Å². The highest BCUT2D eigenvalue weighted by molar-refractivity contribution is 6.30.